The van der Waals surface area contributed by atoms with Crippen molar-refractivity contribution in [1.29, 1.82) is 0 Å². The Hall–Kier alpha value is -1.92. The van der Waals surface area contributed by atoms with Crippen LogP contribution in [-0.2, 0) is 19.6 Å². The molecule has 1 aromatic carbocycles. The van der Waals surface area contributed by atoms with Crippen molar-refractivity contribution in [2.24, 2.45) is 0 Å². The molecule has 6 heteroatoms. The lowest BCUT2D eigenvalue weighted by Crippen LogP contribution is -2.18. The van der Waals surface area contributed by atoms with Crippen LogP contribution in [0.1, 0.15) is 86.9 Å². The number of benzene rings is 1. The van der Waals surface area contributed by atoms with Gasteiger partial charge in [0.05, 0.1) is 11.1 Å². The summed E-state index contributed by atoms with van der Waals surface area (Å²) >= 11 is 0. The Kier molecular flexibility index (Phi) is 10.6. The number of carbonyl (C=O) groups excluding carboxylic acids is 2. The second kappa shape index (κ2) is 12.4. The Morgan fingerprint density at radius 3 is 1.54 bits per heavy atom. The van der Waals surface area contributed by atoms with Gasteiger partial charge in [-0.3, -0.25) is 9.78 Å². The van der Waals surface area contributed by atoms with E-state index in [1.54, 1.807) is 12.1 Å². The van der Waals surface area contributed by atoms with E-state index in [1.807, 2.05) is 13.8 Å². The molecule has 0 aliphatic heterocycles. The highest BCUT2D eigenvalue weighted by molar-refractivity contribution is 6.02. The maximum Gasteiger partial charge on any atom is 0.373 e. The van der Waals surface area contributed by atoms with E-state index < -0.39 is 11.9 Å². The molecular formula is C20H30O6. The van der Waals surface area contributed by atoms with Gasteiger partial charge in [0.2, 0.25) is 0 Å². The summed E-state index contributed by atoms with van der Waals surface area (Å²) in [6.45, 7) is 7.81. The highest BCUT2D eigenvalue weighted by atomic mass is 17.2. The molecule has 0 aliphatic rings. The van der Waals surface area contributed by atoms with Crippen molar-refractivity contribution < 1.29 is 29.1 Å². The van der Waals surface area contributed by atoms with Gasteiger partial charge in [0.15, 0.2) is 0 Å². The zero-order valence-electron chi connectivity index (χ0n) is 16.2. The molecule has 0 saturated carbocycles. The maximum absolute atomic E-state index is 12.2. The summed E-state index contributed by atoms with van der Waals surface area (Å²) in [4.78, 5) is 44.4. The molecule has 0 radical (unpaired) electrons. The molecule has 6 nitrogen and oxygen atoms in total. The van der Waals surface area contributed by atoms with Crippen molar-refractivity contribution in [3.05, 3.63) is 35.4 Å². The first-order chi connectivity index (χ1) is 12.5. The molecule has 0 aliphatic carbocycles. The van der Waals surface area contributed by atoms with Crippen LogP contribution in [0.3, 0.4) is 0 Å². The van der Waals surface area contributed by atoms with Gasteiger partial charge in [0.25, 0.3) is 0 Å². The maximum atomic E-state index is 12.2. The first-order valence-corrected chi connectivity index (χ1v) is 9.33. The van der Waals surface area contributed by atoms with E-state index in [0.29, 0.717) is 0 Å². The molecule has 1 aromatic rings. The summed E-state index contributed by atoms with van der Waals surface area (Å²) in [5.41, 5.74) is 0.148. The van der Waals surface area contributed by atoms with Crippen LogP contribution in [0.2, 0.25) is 0 Å². The van der Waals surface area contributed by atoms with Gasteiger partial charge in [-0.1, -0.05) is 51.7 Å². The van der Waals surface area contributed by atoms with Crippen LogP contribution < -0.4 is 0 Å². The highest BCUT2D eigenvalue weighted by Crippen LogP contribution is 2.15. The van der Waals surface area contributed by atoms with Gasteiger partial charge in [0.1, 0.15) is 12.2 Å². The number of hydrogen-bond acceptors (Lipinski definition) is 6. The van der Waals surface area contributed by atoms with Crippen LogP contribution in [-0.4, -0.2) is 24.1 Å². The normalized spacial score (nSPS) is 13.1. The Bertz CT molecular complexity index is 508. The Balaban J connectivity index is 2.62. The first-order valence-electron chi connectivity index (χ1n) is 9.33. The third-order valence-electron chi connectivity index (χ3n) is 3.87. The molecule has 0 fully saturated rings. The van der Waals surface area contributed by atoms with Crippen molar-refractivity contribution >= 4 is 11.9 Å². The summed E-state index contributed by atoms with van der Waals surface area (Å²) in [6, 6.07) is 6.25. The van der Waals surface area contributed by atoms with Gasteiger partial charge in [-0.2, -0.15) is 9.78 Å². The number of hydrogen-bond donors (Lipinski definition) is 0. The largest absolute Gasteiger partial charge is 0.373 e. The fourth-order valence-electron chi connectivity index (χ4n) is 2.26. The predicted molar refractivity (Wildman–Crippen MR) is 97.4 cm³/mol. The van der Waals surface area contributed by atoms with Crippen molar-refractivity contribution in [3.8, 4) is 0 Å². The van der Waals surface area contributed by atoms with Crippen LogP contribution in [0.4, 0.5) is 0 Å². The van der Waals surface area contributed by atoms with Gasteiger partial charge in [-0.05, 0) is 38.8 Å². The Labute approximate surface area is 155 Å². The van der Waals surface area contributed by atoms with Crippen LogP contribution in [0.15, 0.2) is 24.3 Å². The molecule has 2 unspecified atom stereocenters. The third-order valence-corrected chi connectivity index (χ3v) is 3.87. The molecule has 0 amide bonds. The average Bonchev–Trinajstić information content (AvgIpc) is 2.66. The molecule has 0 bridgehead atoms. The topological polar surface area (TPSA) is 71.1 Å². The lowest BCUT2D eigenvalue weighted by Gasteiger charge is -2.13. The lowest BCUT2D eigenvalue weighted by atomic mass is 10.1. The van der Waals surface area contributed by atoms with E-state index in [1.165, 1.54) is 12.1 Å². The van der Waals surface area contributed by atoms with E-state index in [-0.39, 0.29) is 23.3 Å². The smallest absolute Gasteiger partial charge is 0.293 e. The molecule has 0 N–H and O–H groups in total. The van der Waals surface area contributed by atoms with Crippen molar-refractivity contribution in [1.82, 2.24) is 0 Å². The van der Waals surface area contributed by atoms with Crippen LogP contribution in [0.25, 0.3) is 0 Å². The standard InChI is InChI=1S/C20H30O6/c1-5-7-11-15(3)23-25-19(21)17-13-9-10-14-18(17)20(22)26-24-16(4)12-8-6-2/h9-10,13-16H,5-8,11-12H2,1-4H3. The summed E-state index contributed by atoms with van der Waals surface area (Å²) in [7, 11) is 0. The summed E-state index contributed by atoms with van der Waals surface area (Å²) in [6.07, 6.45) is 5.19. The summed E-state index contributed by atoms with van der Waals surface area (Å²) < 4.78 is 0. The van der Waals surface area contributed by atoms with Gasteiger partial charge >= 0.3 is 11.9 Å². The molecule has 2 atom stereocenters. The molecule has 0 spiro atoms. The Morgan fingerprint density at radius 2 is 1.19 bits per heavy atom. The van der Waals surface area contributed by atoms with E-state index in [2.05, 4.69) is 13.8 Å². The molecule has 1 rings (SSSR count). The van der Waals surface area contributed by atoms with Crippen LogP contribution in [0.5, 0.6) is 0 Å². The minimum absolute atomic E-state index is 0.0741. The predicted octanol–water partition coefficient (Wildman–Crippen LogP) is 5.02. The summed E-state index contributed by atoms with van der Waals surface area (Å²) in [5, 5.41) is 0. The second-order valence-corrected chi connectivity index (χ2v) is 6.39. The van der Waals surface area contributed by atoms with Gasteiger partial charge < -0.3 is 0 Å². The van der Waals surface area contributed by atoms with Crippen LogP contribution >= 0.6 is 0 Å². The van der Waals surface area contributed by atoms with E-state index >= 15 is 0 Å². The fraction of sp³-hybridized carbons (Fsp3) is 0.600. The number of carbonyl (C=O) groups is 2. The van der Waals surface area contributed by atoms with Crippen molar-refractivity contribution in [3.63, 3.8) is 0 Å². The molecule has 146 valence electrons. The SMILES string of the molecule is CCCCC(C)OOC(=O)c1ccccc1C(=O)OOC(C)CCCC. The molecular weight excluding hydrogens is 336 g/mol. The number of unbranched alkanes of at least 4 members (excludes halogenated alkanes) is 2. The second-order valence-electron chi connectivity index (χ2n) is 6.39. The van der Waals surface area contributed by atoms with E-state index in [9.17, 15) is 9.59 Å². The molecule has 26 heavy (non-hydrogen) atoms. The van der Waals surface area contributed by atoms with E-state index in [4.69, 9.17) is 19.6 Å². The fourth-order valence-corrected chi connectivity index (χ4v) is 2.26. The zero-order valence-corrected chi connectivity index (χ0v) is 16.2. The van der Waals surface area contributed by atoms with Gasteiger partial charge in [0, 0.05) is 0 Å². The van der Waals surface area contributed by atoms with Crippen LogP contribution in [0, 0.1) is 0 Å². The summed E-state index contributed by atoms with van der Waals surface area (Å²) in [5.74, 6) is -1.47. The zero-order chi connectivity index (χ0) is 19.4. The first kappa shape index (κ1) is 22.1. The number of rotatable bonds is 12. The third kappa shape index (κ3) is 7.97. The molecule has 0 saturated heterocycles. The lowest BCUT2D eigenvalue weighted by molar-refractivity contribution is -0.272. The van der Waals surface area contributed by atoms with Gasteiger partial charge in [-0.25, -0.2) is 9.59 Å². The van der Waals surface area contributed by atoms with Gasteiger partial charge in [-0.15, -0.1) is 0 Å². The Morgan fingerprint density at radius 1 is 0.808 bits per heavy atom. The minimum atomic E-state index is -0.736. The monoisotopic (exact) mass is 366 g/mol. The molecule has 0 heterocycles. The van der Waals surface area contributed by atoms with Crippen molar-refractivity contribution in [2.75, 3.05) is 0 Å². The average molecular weight is 366 g/mol. The molecule has 0 aromatic heterocycles. The quantitative estimate of drug-likeness (QED) is 0.382. The van der Waals surface area contributed by atoms with Crippen molar-refractivity contribution in [2.45, 2.75) is 78.4 Å². The highest BCUT2D eigenvalue weighted by Gasteiger charge is 2.22. The minimum Gasteiger partial charge on any atom is -0.293 e. The van der Waals surface area contributed by atoms with E-state index in [0.717, 1.165) is 38.5 Å².